The molecule has 3 nitrogen and oxygen atoms in total. The largest absolute Gasteiger partial charge is 0.327 e. The van der Waals surface area contributed by atoms with Crippen LogP contribution in [0.4, 0.5) is 5.69 Å². The van der Waals surface area contributed by atoms with E-state index in [1.54, 1.807) is 11.8 Å². The van der Waals surface area contributed by atoms with E-state index in [4.69, 9.17) is 5.73 Å². The molecule has 19 heavy (non-hydrogen) atoms. The minimum atomic E-state index is 0.0108. The van der Waals surface area contributed by atoms with Crippen LogP contribution in [0.3, 0.4) is 0 Å². The van der Waals surface area contributed by atoms with Gasteiger partial charge in [-0.3, -0.25) is 4.79 Å². The zero-order valence-corrected chi connectivity index (χ0v) is 12.0. The quantitative estimate of drug-likeness (QED) is 0.835. The van der Waals surface area contributed by atoms with Crippen molar-refractivity contribution in [1.82, 2.24) is 0 Å². The molecule has 1 amide bonds. The number of fused-ring (bicyclic) bond motifs is 2. The van der Waals surface area contributed by atoms with Gasteiger partial charge in [-0.2, -0.15) is 0 Å². The Hall–Kier alpha value is -1.00. The third-order valence-electron chi connectivity index (χ3n) is 4.62. The molecule has 102 valence electrons. The molecule has 2 bridgehead atoms. The second-order valence-electron chi connectivity index (χ2n) is 5.66. The average molecular weight is 276 g/mol. The molecule has 2 saturated carbocycles. The Morgan fingerprint density at radius 2 is 2.16 bits per heavy atom. The highest BCUT2D eigenvalue weighted by Gasteiger charge is 2.49. The van der Waals surface area contributed by atoms with Crippen molar-refractivity contribution >= 4 is 23.4 Å². The van der Waals surface area contributed by atoms with E-state index in [1.165, 1.54) is 12.8 Å². The third kappa shape index (κ3) is 2.39. The van der Waals surface area contributed by atoms with Crippen LogP contribution in [0.1, 0.15) is 19.3 Å². The van der Waals surface area contributed by atoms with Crippen LogP contribution in [-0.4, -0.2) is 18.2 Å². The van der Waals surface area contributed by atoms with Gasteiger partial charge in [0.25, 0.3) is 0 Å². The van der Waals surface area contributed by atoms with Gasteiger partial charge in [0.15, 0.2) is 0 Å². The van der Waals surface area contributed by atoms with Crippen LogP contribution in [-0.2, 0) is 4.79 Å². The molecular formula is C15H20N2OS. The summed E-state index contributed by atoms with van der Waals surface area (Å²) in [5.41, 5.74) is 7.09. The number of carbonyl (C=O) groups is 1. The Balaban J connectivity index is 1.71. The second-order valence-corrected chi connectivity index (χ2v) is 6.54. The zero-order chi connectivity index (χ0) is 13.4. The Bertz CT molecular complexity index is 489. The van der Waals surface area contributed by atoms with Gasteiger partial charge in [-0.25, -0.2) is 0 Å². The lowest BCUT2D eigenvalue weighted by molar-refractivity contribution is -0.121. The molecule has 4 unspecified atom stereocenters. The van der Waals surface area contributed by atoms with Crippen LogP contribution >= 0.6 is 11.8 Å². The highest BCUT2D eigenvalue weighted by Crippen LogP contribution is 2.47. The maximum absolute atomic E-state index is 12.4. The number of hydrogen-bond donors (Lipinski definition) is 2. The van der Waals surface area contributed by atoms with Crippen LogP contribution < -0.4 is 11.1 Å². The molecule has 2 aliphatic carbocycles. The number of amides is 1. The Morgan fingerprint density at radius 1 is 1.37 bits per heavy atom. The van der Waals surface area contributed by atoms with E-state index in [2.05, 4.69) is 5.32 Å². The molecule has 4 atom stereocenters. The predicted molar refractivity (Wildman–Crippen MR) is 79.1 cm³/mol. The summed E-state index contributed by atoms with van der Waals surface area (Å²) in [6, 6.07) is 8.03. The van der Waals surface area contributed by atoms with E-state index >= 15 is 0 Å². The van der Waals surface area contributed by atoms with Crippen LogP contribution in [0.25, 0.3) is 0 Å². The number of benzene rings is 1. The molecule has 2 aliphatic rings. The normalized spacial score (nSPS) is 32.5. The lowest BCUT2D eigenvalue weighted by Crippen LogP contribution is -2.42. The van der Waals surface area contributed by atoms with E-state index in [-0.39, 0.29) is 17.9 Å². The van der Waals surface area contributed by atoms with Gasteiger partial charge in [-0.1, -0.05) is 6.07 Å². The topological polar surface area (TPSA) is 55.1 Å². The van der Waals surface area contributed by atoms with E-state index in [0.29, 0.717) is 11.8 Å². The fourth-order valence-electron chi connectivity index (χ4n) is 3.65. The van der Waals surface area contributed by atoms with Gasteiger partial charge in [-0.05, 0) is 55.6 Å². The van der Waals surface area contributed by atoms with Crippen LogP contribution in [0.5, 0.6) is 0 Å². The first-order valence-electron chi connectivity index (χ1n) is 6.89. The van der Waals surface area contributed by atoms with Crippen LogP contribution in [0.15, 0.2) is 29.2 Å². The van der Waals surface area contributed by atoms with Crippen molar-refractivity contribution in [2.45, 2.75) is 30.2 Å². The summed E-state index contributed by atoms with van der Waals surface area (Å²) in [6.45, 7) is 0. The van der Waals surface area contributed by atoms with Gasteiger partial charge in [0.2, 0.25) is 5.91 Å². The smallest absolute Gasteiger partial charge is 0.229 e. The molecule has 3 rings (SSSR count). The van der Waals surface area contributed by atoms with Gasteiger partial charge >= 0.3 is 0 Å². The first-order chi connectivity index (χ1) is 9.19. The molecule has 1 aromatic carbocycles. The molecule has 0 saturated heterocycles. The summed E-state index contributed by atoms with van der Waals surface area (Å²) < 4.78 is 0. The lowest BCUT2D eigenvalue weighted by atomic mass is 9.84. The minimum Gasteiger partial charge on any atom is -0.327 e. The molecule has 0 spiro atoms. The molecule has 4 heteroatoms. The molecule has 2 fully saturated rings. The SMILES string of the molecule is CSc1cccc(NC(=O)C2C3CCC(C3)C2N)c1. The average Bonchev–Trinajstić information content (AvgIpc) is 2.99. The molecular weight excluding hydrogens is 256 g/mol. The molecule has 3 N–H and O–H groups in total. The number of hydrogen-bond acceptors (Lipinski definition) is 3. The lowest BCUT2D eigenvalue weighted by Gasteiger charge is -2.27. The Morgan fingerprint density at radius 3 is 2.84 bits per heavy atom. The Kier molecular flexibility index (Phi) is 3.54. The zero-order valence-electron chi connectivity index (χ0n) is 11.1. The van der Waals surface area contributed by atoms with Gasteiger partial charge in [-0.15, -0.1) is 11.8 Å². The maximum atomic E-state index is 12.4. The van der Waals surface area contributed by atoms with Crippen molar-refractivity contribution in [1.29, 1.82) is 0 Å². The standard InChI is InChI=1S/C15H20N2OS/c1-19-12-4-2-3-11(8-12)17-15(18)13-9-5-6-10(7-9)14(13)16/h2-4,8-10,13-14H,5-7,16H2,1H3,(H,17,18). The fraction of sp³-hybridized carbons (Fsp3) is 0.533. The van der Waals surface area contributed by atoms with E-state index in [1.807, 2.05) is 30.5 Å². The van der Waals surface area contributed by atoms with Gasteiger partial charge < -0.3 is 11.1 Å². The number of rotatable bonds is 3. The summed E-state index contributed by atoms with van der Waals surface area (Å²) >= 11 is 1.68. The summed E-state index contributed by atoms with van der Waals surface area (Å²) in [7, 11) is 0. The highest BCUT2D eigenvalue weighted by molar-refractivity contribution is 7.98. The molecule has 0 aliphatic heterocycles. The first-order valence-corrected chi connectivity index (χ1v) is 8.12. The minimum absolute atomic E-state index is 0.0108. The van der Waals surface area contributed by atoms with Crippen molar-refractivity contribution in [2.75, 3.05) is 11.6 Å². The summed E-state index contributed by atoms with van der Waals surface area (Å²) in [4.78, 5) is 13.6. The van der Waals surface area contributed by atoms with Crippen molar-refractivity contribution < 1.29 is 4.79 Å². The third-order valence-corrected chi connectivity index (χ3v) is 5.35. The number of thioether (sulfide) groups is 1. The summed E-state index contributed by atoms with van der Waals surface area (Å²) in [6.07, 6.45) is 5.55. The van der Waals surface area contributed by atoms with Crippen LogP contribution in [0.2, 0.25) is 0 Å². The monoisotopic (exact) mass is 276 g/mol. The number of carbonyl (C=O) groups excluding carboxylic acids is 1. The van der Waals surface area contributed by atoms with Gasteiger partial charge in [0, 0.05) is 16.6 Å². The number of nitrogens with one attached hydrogen (secondary N) is 1. The van der Waals surface area contributed by atoms with Crippen molar-refractivity contribution in [3.8, 4) is 0 Å². The van der Waals surface area contributed by atoms with E-state index in [0.717, 1.165) is 17.0 Å². The predicted octanol–water partition coefficient (Wildman–Crippen LogP) is 2.72. The van der Waals surface area contributed by atoms with E-state index in [9.17, 15) is 4.79 Å². The second kappa shape index (κ2) is 5.17. The number of anilines is 1. The maximum Gasteiger partial charge on any atom is 0.229 e. The first kappa shape index (κ1) is 13.0. The highest BCUT2D eigenvalue weighted by atomic mass is 32.2. The van der Waals surface area contributed by atoms with Crippen molar-refractivity contribution in [3.63, 3.8) is 0 Å². The van der Waals surface area contributed by atoms with Crippen molar-refractivity contribution in [3.05, 3.63) is 24.3 Å². The van der Waals surface area contributed by atoms with Crippen molar-refractivity contribution in [2.24, 2.45) is 23.5 Å². The van der Waals surface area contributed by atoms with Crippen LogP contribution in [0, 0.1) is 17.8 Å². The number of nitrogens with two attached hydrogens (primary N) is 1. The summed E-state index contributed by atoms with van der Waals surface area (Å²) in [5.74, 6) is 1.19. The molecule has 0 heterocycles. The fourth-order valence-corrected chi connectivity index (χ4v) is 4.11. The molecule has 1 aromatic rings. The molecule has 0 aromatic heterocycles. The van der Waals surface area contributed by atoms with Gasteiger partial charge in [0.1, 0.15) is 0 Å². The van der Waals surface area contributed by atoms with E-state index < -0.39 is 0 Å². The van der Waals surface area contributed by atoms with Gasteiger partial charge in [0.05, 0.1) is 5.92 Å². The summed E-state index contributed by atoms with van der Waals surface area (Å²) in [5, 5.41) is 3.04. The molecule has 0 radical (unpaired) electrons. The Labute approximate surface area is 118 Å².